The molecule has 0 radical (unpaired) electrons. The maximum absolute atomic E-state index is 14.6. The van der Waals surface area contributed by atoms with Crippen LogP contribution in [0.3, 0.4) is 0 Å². The predicted molar refractivity (Wildman–Crippen MR) is 104 cm³/mol. The van der Waals surface area contributed by atoms with Gasteiger partial charge < -0.3 is 18.9 Å². The van der Waals surface area contributed by atoms with Crippen molar-refractivity contribution in [3.05, 3.63) is 58.9 Å². The molecule has 2 aromatic carbocycles. The monoisotopic (exact) mass is 512 g/mol. The molecule has 0 N–H and O–H groups in total. The van der Waals surface area contributed by atoms with Gasteiger partial charge in [0.05, 0.1) is 13.2 Å². The number of alkyl halides is 5. The molecular weight excluding hydrogens is 492 g/mol. The van der Waals surface area contributed by atoms with Gasteiger partial charge in [0.15, 0.2) is 17.9 Å². The third-order valence-corrected chi connectivity index (χ3v) is 5.99. The average Bonchev–Trinajstić information content (AvgIpc) is 3.29. The summed E-state index contributed by atoms with van der Waals surface area (Å²) in [6.07, 6.45) is -6.64. The minimum atomic E-state index is -5.22. The molecule has 0 aromatic heterocycles. The van der Waals surface area contributed by atoms with Crippen LogP contribution in [0.25, 0.3) is 0 Å². The highest BCUT2D eigenvalue weighted by atomic mass is 19.4. The van der Waals surface area contributed by atoms with Gasteiger partial charge in [-0.3, -0.25) is 0 Å². The van der Waals surface area contributed by atoms with E-state index in [1.165, 1.54) is 0 Å². The Bertz CT molecular complexity index is 1020. The van der Waals surface area contributed by atoms with Gasteiger partial charge in [-0.05, 0) is 30.2 Å². The van der Waals surface area contributed by atoms with Crippen molar-refractivity contribution in [1.82, 2.24) is 0 Å². The van der Waals surface area contributed by atoms with Crippen molar-refractivity contribution in [3.63, 3.8) is 0 Å². The lowest BCUT2D eigenvalue weighted by Gasteiger charge is -2.33. The number of ether oxygens (including phenoxy) is 4. The third kappa shape index (κ3) is 5.97. The van der Waals surface area contributed by atoms with Gasteiger partial charge in [0, 0.05) is 17.5 Å². The van der Waals surface area contributed by atoms with E-state index in [4.69, 9.17) is 9.47 Å². The summed E-state index contributed by atoms with van der Waals surface area (Å²) in [5.41, 5.74) is -1.92. The van der Waals surface area contributed by atoms with E-state index in [2.05, 4.69) is 9.47 Å². The minimum Gasteiger partial charge on any atom is -0.429 e. The largest absolute Gasteiger partial charge is 0.573 e. The first-order chi connectivity index (χ1) is 16.4. The van der Waals surface area contributed by atoms with Gasteiger partial charge in [-0.1, -0.05) is 25.7 Å². The summed E-state index contributed by atoms with van der Waals surface area (Å²) < 4.78 is 127. The van der Waals surface area contributed by atoms with Gasteiger partial charge in [-0.25, -0.2) is 13.2 Å². The highest BCUT2D eigenvalue weighted by molar-refractivity contribution is 5.35. The Morgan fingerprint density at radius 3 is 1.89 bits per heavy atom. The van der Waals surface area contributed by atoms with Crippen LogP contribution < -0.4 is 9.47 Å². The molecule has 2 fully saturated rings. The molecule has 192 valence electrons. The van der Waals surface area contributed by atoms with Crippen molar-refractivity contribution >= 4 is 0 Å². The van der Waals surface area contributed by atoms with Crippen molar-refractivity contribution < 1.29 is 54.1 Å². The summed E-state index contributed by atoms with van der Waals surface area (Å²) >= 11 is 0. The van der Waals surface area contributed by atoms with Crippen LogP contribution in [0.4, 0.5) is 35.1 Å². The van der Waals surface area contributed by atoms with Gasteiger partial charge in [-0.15, -0.1) is 13.2 Å². The van der Waals surface area contributed by atoms with Crippen LogP contribution in [0.2, 0.25) is 0 Å². The van der Waals surface area contributed by atoms with Crippen LogP contribution in [-0.4, -0.2) is 19.6 Å². The van der Waals surface area contributed by atoms with Gasteiger partial charge in [0.1, 0.15) is 22.9 Å². The van der Waals surface area contributed by atoms with Crippen molar-refractivity contribution in [3.8, 4) is 11.5 Å². The topological polar surface area (TPSA) is 36.9 Å². The van der Waals surface area contributed by atoms with E-state index in [0.717, 1.165) is 25.7 Å². The summed E-state index contributed by atoms with van der Waals surface area (Å²) in [5.74, 6) is -6.70. The normalized spacial score (nSPS) is 21.8. The average molecular weight is 512 g/mol. The van der Waals surface area contributed by atoms with E-state index >= 15 is 0 Å². The standard InChI is InChI=1S/C23H20F8O4/c24-16-9-15(5-6-19(16)35-23(29,30)31)34-22(27,28)20-17(25)7-13(8-18(20)26)21-32-10-14(11-33-21)12-3-1-2-4-12/h5-9,12,14,21H,1-4,10-11H2. The highest BCUT2D eigenvalue weighted by Crippen LogP contribution is 2.40. The molecule has 0 bridgehead atoms. The summed E-state index contributed by atoms with van der Waals surface area (Å²) in [4.78, 5) is 0. The van der Waals surface area contributed by atoms with E-state index in [1.807, 2.05) is 0 Å². The molecule has 4 nitrogen and oxygen atoms in total. The lowest BCUT2D eigenvalue weighted by molar-refractivity contribution is -0.275. The fourth-order valence-corrected chi connectivity index (χ4v) is 4.37. The number of benzene rings is 2. The zero-order valence-corrected chi connectivity index (χ0v) is 18.0. The molecular formula is C23H20F8O4. The molecule has 1 saturated heterocycles. The summed E-state index contributed by atoms with van der Waals surface area (Å²) in [6.45, 7) is 0.610. The van der Waals surface area contributed by atoms with E-state index in [0.29, 0.717) is 43.4 Å². The van der Waals surface area contributed by atoms with E-state index in [1.54, 1.807) is 0 Å². The number of rotatable bonds is 6. The Kier molecular flexibility index (Phi) is 7.14. The molecule has 4 rings (SSSR count). The van der Waals surface area contributed by atoms with Crippen LogP contribution >= 0.6 is 0 Å². The van der Waals surface area contributed by atoms with Crippen LogP contribution in [0, 0.1) is 29.3 Å². The Morgan fingerprint density at radius 2 is 1.34 bits per heavy atom. The van der Waals surface area contributed by atoms with Crippen molar-refractivity contribution in [1.29, 1.82) is 0 Å². The number of halogens is 8. The lowest BCUT2D eigenvalue weighted by Crippen LogP contribution is -2.32. The first-order valence-corrected chi connectivity index (χ1v) is 10.8. The second-order valence-corrected chi connectivity index (χ2v) is 8.42. The Morgan fingerprint density at radius 1 is 0.743 bits per heavy atom. The Balaban J connectivity index is 1.47. The van der Waals surface area contributed by atoms with Gasteiger partial charge in [0.2, 0.25) is 0 Å². The second kappa shape index (κ2) is 9.81. The Labute approximate surface area is 194 Å². The minimum absolute atomic E-state index is 0.147. The van der Waals surface area contributed by atoms with Gasteiger partial charge >= 0.3 is 12.5 Å². The molecule has 1 heterocycles. The zero-order chi connectivity index (χ0) is 25.4. The molecule has 35 heavy (non-hydrogen) atoms. The van der Waals surface area contributed by atoms with E-state index in [9.17, 15) is 35.1 Å². The van der Waals surface area contributed by atoms with E-state index < -0.39 is 53.3 Å². The smallest absolute Gasteiger partial charge is 0.429 e. The fraction of sp³-hybridized carbons (Fsp3) is 0.478. The number of hydrogen-bond acceptors (Lipinski definition) is 4. The lowest BCUT2D eigenvalue weighted by atomic mass is 9.91. The fourth-order valence-electron chi connectivity index (χ4n) is 4.37. The maximum atomic E-state index is 14.6. The predicted octanol–water partition coefficient (Wildman–Crippen LogP) is 6.98. The third-order valence-electron chi connectivity index (χ3n) is 5.99. The van der Waals surface area contributed by atoms with Crippen molar-refractivity contribution in [2.24, 2.45) is 11.8 Å². The molecule has 0 atom stereocenters. The quantitative estimate of drug-likeness (QED) is 0.392. The number of hydrogen-bond donors (Lipinski definition) is 0. The second-order valence-electron chi connectivity index (χ2n) is 8.42. The molecule has 0 unspecified atom stereocenters. The van der Waals surface area contributed by atoms with Crippen molar-refractivity contribution in [2.45, 2.75) is 44.4 Å². The molecule has 2 aliphatic rings. The van der Waals surface area contributed by atoms with Crippen LogP contribution in [0.1, 0.15) is 43.1 Å². The molecule has 12 heteroatoms. The molecule has 1 aliphatic heterocycles. The SMILES string of the molecule is Fc1cc(OC(F)(F)c2c(F)cc(C3OCC(C4CCCC4)CO3)cc2F)ccc1OC(F)(F)F. The van der Waals surface area contributed by atoms with Gasteiger partial charge in [-0.2, -0.15) is 8.78 Å². The summed E-state index contributed by atoms with van der Waals surface area (Å²) in [6, 6.07) is 2.34. The molecule has 0 spiro atoms. The van der Waals surface area contributed by atoms with E-state index in [-0.39, 0.29) is 17.5 Å². The Hall–Kier alpha value is -2.60. The van der Waals surface area contributed by atoms with Gasteiger partial charge in [0.25, 0.3) is 0 Å². The zero-order valence-electron chi connectivity index (χ0n) is 18.0. The van der Waals surface area contributed by atoms with Crippen molar-refractivity contribution in [2.75, 3.05) is 13.2 Å². The summed E-state index contributed by atoms with van der Waals surface area (Å²) in [5, 5.41) is 0. The van der Waals surface area contributed by atoms with Crippen LogP contribution in [0.5, 0.6) is 11.5 Å². The molecule has 2 aromatic rings. The molecule has 0 amide bonds. The first-order valence-electron chi connectivity index (χ1n) is 10.8. The maximum Gasteiger partial charge on any atom is 0.573 e. The summed E-state index contributed by atoms with van der Waals surface area (Å²) in [7, 11) is 0. The first kappa shape index (κ1) is 25.5. The van der Waals surface area contributed by atoms with Crippen LogP contribution in [0.15, 0.2) is 30.3 Å². The highest BCUT2D eigenvalue weighted by Gasteiger charge is 2.42. The molecule has 1 saturated carbocycles. The van der Waals surface area contributed by atoms with Crippen LogP contribution in [-0.2, 0) is 15.6 Å². The molecule has 1 aliphatic carbocycles.